The highest BCUT2D eigenvalue weighted by atomic mass is 15.2. The number of fused-ring (bicyclic) bond motifs is 2. The van der Waals surface area contributed by atoms with Crippen LogP contribution in [0.4, 0.5) is 0 Å². The zero-order valence-electron chi connectivity index (χ0n) is 9.21. The standard InChI is InChI=1S/C12H22N2/c1-3-7-14(4-2)12-8-10-5-6-11(9-12)13-10/h3,10-13H,1,4-9H2,2H3. The van der Waals surface area contributed by atoms with Crippen LogP contribution in [0.2, 0.25) is 0 Å². The third-order valence-electron chi connectivity index (χ3n) is 3.73. The van der Waals surface area contributed by atoms with Gasteiger partial charge in [0.15, 0.2) is 0 Å². The van der Waals surface area contributed by atoms with Crippen LogP contribution in [-0.4, -0.2) is 36.1 Å². The number of nitrogens with zero attached hydrogens (tertiary/aromatic N) is 1. The summed E-state index contributed by atoms with van der Waals surface area (Å²) < 4.78 is 0. The van der Waals surface area contributed by atoms with Crippen molar-refractivity contribution in [2.45, 2.75) is 50.7 Å². The lowest BCUT2D eigenvalue weighted by molar-refractivity contribution is 0.162. The largest absolute Gasteiger partial charge is 0.311 e. The molecule has 2 rings (SSSR count). The van der Waals surface area contributed by atoms with Crippen LogP contribution in [0.3, 0.4) is 0 Å². The summed E-state index contributed by atoms with van der Waals surface area (Å²) in [6.45, 7) is 8.32. The van der Waals surface area contributed by atoms with Crippen molar-refractivity contribution < 1.29 is 0 Å². The third-order valence-corrected chi connectivity index (χ3v) is 3.73. The van der Waals surface area contributed by atoms with Gasteiger partial charge in [0.25, 0.3) is 0 Å². The number of rotatable bonds is 4. The van der Waals surface area contributed by atoms with Gasteiger partial charge < -0.3 is 5.32 Å². The molecular formula is C12H22N2. The Morgan fingerprint density at radius 2 is 2.00 bits per heavy atom. The molecule has 0 aromatic rings. The second-order valence-corrected chi connectivity index (χ2v) is 4.64. The fourth-order valence-electron chi connectivity index (χ4n) is 3.03. The van der Waals surface area contributed by atoms with Crippen LogP contribution in [0, 0.1) is 0 Å². The summed E-state index contributed by atoms with van der Waals surface area (Å²) in [5.41, 5.74) is 0. The lowest BCUT2D eigenvalue weighted by atomic mass is 9.98. The molecule has 2 aliphatic heterocycles. The quantitative estimate of drug-likeness (QED) is 0.686. The fraction of sp³-hybridized carbons (Fsp3) is 0.833. The Morgan fingerprint density at radius 1 is 1.36 bits per heavy atom. The summed E-state index contributed by atoms with van der Waals surface area (Å²) in [5.74, 6) is 0. The maximum atomic E-state index is 3.84. The first-order valence-corrected chi connectivity index (χ1v) is 5.94. The molecule has 1 N–H and O–H groups in total. The van der Waals surface area contributed by atoms with Crippen molar-refractivity contribution >= 4 is 0 Å². The van der Waals surface area contributed by atoms with E-state index in [0.717, 1.165) is 31.2 Å². The summed E-state index contributed by atoms with van der Waals surface area (Å²) in [7, 11) is 0. The molecule has 2 nitrogen and oxygen atoms in total. The molecular weight excluding hydrogens is 172 g/mol. The number of hydrogen-bond acceptors (Lipinski definition) is 2. The van der Waals surface area contributed by atoms with Crippen LogP contribution in [0.1, 0.15) is 32.6 Å². The van der Waals surface area contributed by atoms with Gasteiger partial charge in [0.05, 0.1) is 0 Å². The maximum Gasteiger partial charge on any atom is 0.0163 e. The number of piperidine rings is 1. The monoisotopic (exact) mass is 194 g/mol. The first kappa shape index (κ1) is 10.2. The normalized spacial score (nSPS) is 36.3. The van der Waals surface area contributed by atoms with Gasteiger partial charge in [-0.25, -0.2) is 0 Å². The minimum absolute atomic E-state index is 0.803. The van der Waals surface area contributed by atoms with E-state index in [4.69, 9.17) is 0 Å². The van der Waals surface area contributed by atoms with Gasteiger partial charge >= 0.3 is 0 Å². The molecule has 2 bridgehead atoms. The Labute approximate surface area is 87.4 Å². The number of hydrogen-bond donors (Lipinski definition) is 1. The average Bonchev–Trinajstić information content (AvgIpc) is 2.54. The molecule has 0 aromatic carbocycles. The predicted molar refractivity (Wildman–Crippen MR) is 60.4 cm³/mol. The molecule has 2 aliphatic rings. The molecule has 0 saturated carbocycles. The molecule has 2 saturated heterocycles. The van der Waals surface area contributed by atoms with E-state index in [1.807, 2.05) is 6.08 Å². The van der Waals surface area contributed by atoms with Gasteiger partial charge in [-0.15, -0.1) is 6.58 Å². The van der Waals surface area contributed by atoms with Crippen LogP contribution in [0.5, 0.6) is 0 Å². The summed E-state index contributed by atoms with van der Waals surface area (Å²) in [5, 5.41) is 3.69. The van der Waals surface area contributed by atoms with E-state index in [-0.39, 0.29) is 0 Å². The third kappa shape index (κ3) is 2.01. The fourth-order valence-corrected chi connectivity index (χ4v) is 3.03. The Morgan fingerprint density at radius 3 is 2.50 bits per heavy atom. The minimum Gasteiger partial charge on any atom is -0.311 e. The molecule has 2 atom stereocenters. The van der Waals surface area contributed by atoms with Crippen LogP contribution in [-0.2, 0) is 0 Å². The zero-order valence-corrected chi connectivity index (χ0v) is 9.21. The SMILES string of the molecule is C=CCN(CC)C1CC2CCC(C1)N2. The van der Waals surface area contributed by atoms with E-state index in [1.54, 1.807) is 0 Å². The van der Waals surface area contributed by atoms with Gasteiger partial charge in [0.2, 0.25) is 0 Å². The number of nitrogens with one attached hydrogen (secondary N) is 1. The molecule has 14 heavy (non-hydrogen) atoms. The van der Waals surface area contributed by atoms with E-state index in [9.17, 15) is 0 Å². The van der Waals surface area contributed by atoms with Gasteiger partial charge in [-0.3, -0.25) is 4.90 Å². The summed E-state index contributed by atoms with van der Waals surface area (Å²) in [4.78, 5) is 2.57. The summed E-state index contributed by atoms with van der Waals surface area (Å²) in [6, 6.07) is 2.41. The Balaban J connectivity index is 1.93. The molecule has 80 valence electrons. The van der Waals surface area contributed by atoms with Gasteiger partial charge in [-0.05, 0) is 32.2 Å². The van der Waals surface area contributed by atoms with E-state index in [1.165, 1.54) is 25.7 Å². The Hall–Kier alpha value is -0.340. The molecule has 2 heterocycles. The highest BCUT2D eigenvalue weighted by Gasteiger charge is 2.35. The Kier molecular flexibility index (Phi) is 3.24. The van der Waals surface area contributed by atoms with Crippen molar-refractivity contribution in [3.8, 4) is 0 Å². The van der Waals surface area contributed by atoms with Crippen LogP contribution in [0.15, 0.2) is 12.7 Å². The van der Waals surface area contributed by atoms with Gasteiger partial charge in [0.1, 0.15) is 0 Å². The topological polar surface area (TPSA) is 15.3 Å². The number of likely N-dealkylation sites (N-methyl/N-ethyl adjacent to an activating group) is 1. The molecule has 2 unspecified atom stereocenters. The average molecular weight is 194 g/mol. The molecule has 0 amide bonds. The molecule has 0 spiro atoms. The lowest BCUT2D eigenvalue weighted by Crippen LogP contribution is -2.48. The highest BCUT2D eigenvalue weighted by molar-refractivity contribution is 4.96. The second kappa shape index (κ2) is 4.45. The van der Waals surface area contributed by atoms with Crippen molar-refractivity contribution in [3.05, 3.63) is 12.7 Å². The minimum atomic E-state index is 0.803. The molecule has 2 fully saturated rings. The van der Waals surface area contributed by atoms with Gasteiger partial charge in [-0.2, -0.15) is 0 Å². The van der Waals surface area contributed by atoms with Crippen molar-refractivity contribution in [1.29, 1.82) is 0 Å². The van der Waals surface area contributed by atoms with E-state index < -0.39 is 0 Å². The van der Waals surface area contributed by atoms with Crippen molar-refractivity contribution in [1.82, 2.24) is 10.2 Å². The second-order valence-electron chi connectivity index (χ2n) is 4.64. The van der Waals surface area contributed by atoms with Crippen molar-refractivity contribution in [2.75, 3.05) is 13.1 Å². The Bertz CT molecular complexity index is 190. The summed E-state index contributed by atoms with van der Waals surface area (Å²) in [6.07, 6.45) is 7.52. The van der Waals surface area contributed by atoms with Gasteiger partial charge in [0, 0.05) is 24.7 Å². The van der Waals surface area contributed by atoms with E-state index >= 15 is 0 Å². The lowest BCUT2D eigenvalue weighted by Gasteiger charge is -2.36. The highest BCUT2D eigenvalue weighted by Crippen LogP contribution is 2.29. The molecule has 0 aliphatic carbocycles. The summed E-state index contributed by atoms with van der Waals surface area (Å²) >= 11 is 0. The first-order chi connectivity index (χ1) is 6.83. The molecule has 0 aromatic heterocycles. The van der Waals surface area contributed by atoms with Gasteiger partial charge in [-0.1, -0.05) is 13.0 Å². The van der Waals surface area contributed by atoms with E-state index in [0.29, 0.717) is 0 Å². The predicted octanol–water partition coefficient (Wildman–Crippen LogP) is 1.78. The maximum absolute atomic E-state index is 3.84. The van der Waals surface area contributed by atoms with Crippen molar-refractivity contribution in [2.24, 2.45) is 0 Å². The van der Waals surface area contributed by atoms with Crippen molar-refractivity contribution in [3.63, 3.8) is 0 Å². The van der Waals surface area contributed by atoms with Crippen LogP contribution >= 0.6 is 0 Å². The van der Waals surface area contributed by atoms with Crippen LogP contribution in [0.25, 0.3) is 0 Å². The van der Waals surface area contributed by atoms with E-state index in [2.05, 4.69) is 23.7 Å². The zero-order chi connectivity index (χ0) is 9.97. The molecule has 0 radical (unpaired) electrons. The first-order valence-electron chi connectivity index (χ1n) is 5.94. The molecule has 2 heteroatoms. The smallest absolute Gasteiger partial charge is 0.0163 e. The van der Waals surface area contributed by atoms with Crippen LogP contribution < -0.4 is 5.32 Å².